The number of carbonyl (C=O) groups excluding carboxylic acids is 1. The lowest BCUT2D eigenvalue weighted by Gasteiger charge is -2.04. The van der Waals surface area contributed by atoms with Gasteiger partial charge in [0.15, 0.2) is 0 Å². The molecule has 0 radical (unpaired) electrons. The van der Waals surface area contributed by atoms with E-state index in [1.807, 2.05) is 36.0 Å². The molecule has 1 heterocycles. The standard InChI is InChI=1S/C14H14BrNO2/c1-4-18-14(17)9(2)12-8-16(3)13-6-5-10(15)7-11(12)13/h5-8H,2,4H2,1,3H3. The van der Waals surface area contributed by atoms with Crippen LogP contribution in [0.1, 0.15) is 12.5 Å². The molecule has 2 aromatic rings. The Balaban J connectivity index is 2.54. The van der Waals surface area contributed by atoms with E-state index in [-0.39, 0.29) is 5.97 Å². The lowest BCUT2D eigenvalue weighted by molar-refractivity contribution is -0.136. The van der Waals surface area contributed by atoms with Crippen LogP contribution >= 0.6 is 15.9 Å². The topological polar surface area (TPSA) is 31.2 Å². The number of nitrogens with zero attached hydrogens (tertiary/aromatic N) is 1. The van der Waals surface area contributed by atoms with Crippen LogP contribution in [0.4, 0.5) is 0 Å². The van der Waals surface area contributed by atoms with E-state index in [2.05, 4.69) is 22.5 Å². The molecule has 0 aliphatic carbocycles. The first-order chi connectivity index (χ1) is 8.54. The molecule has 0 amide bonds. The summed E-state index contributed by atoms with van der Waals surface area (Å²) in [5.74, 6) is -0.370. The molecule has 3 nitrogen and oxygen atoms in total. The number of hydrogen-bond donors (Lipinski definition) is 0. The van der Waals surface area contributed by atoms with Crippen LogP contribution in [0, 0.1) is 0 Å². The van der Waals surface area contributed by atoms with Gasteiger partial charge in [0, 0.05) is 34.2 Å². The van der Waals surface area contributed by atoms with E-state index >= 15 is 0 Å². The third kappa shape index (κ3) is 2.20. The molecule has 4 heteroatoms. The number of carbonyl (C=O) groups is 1. The first kappa shape index (κ1) is 12.9. The van der Waals surface area contributed by atoms with Gasteiger partial charge in [-0.2, -0.15) is 0 Å². The third-order valence-corrected chi connectivity index (χ3v) is 3.29. The van der Waals surface area contributed by atoms with E-state index in [9.17, 15) is 4.79 Å². The summed E-state index contributed by atoms with van der Waals surface area (Å²) in [6, 6.07) is 5.95. The third-order valence-electron chi connectivity index (χ3n) is 2.80. The fraction of sp³-hybridized carbons (Fsp3) is 0.214. The molecule has 0 atom stereocenters. The van der Waals surface area contributed by atoms with Crippen molar-refractivity contribution in [1.82, 2.24) is 4.57 Å². The van der Waals surface area contributed by atoms with Gasteiger partial charge in [0.1, 0.15) is 0 Å². The number of esters is 1. The lowest BCUT2D eigenvalue weighted by Crippen LogP contribution is -2.05. The first-order valence-electron chi connectivity index (χ1n) is 5.65. The van der Waals surface area contributed by atoms with E-state index in [0.717, 1.165) is 20.9 Å². The zero-order valence-electron chi connectivity index (χ0n) is 10.4. The van der Waals surface area contributed by atoms with Crippen LogP contribution in [0.3, 0.4) is 0 Å². The molecule has 0 saturated heterocycles. The summed E-state index contributed by atoms with van der Waals surface area (Å²) in [6.45, 7) is 5.97. The normalized spacial score (nSPS) is 10.6. The summed E-state index contributed by atoms with van der Waals surface area (Å²) in [6.07, 6.45) is 1.90. The van der Waals surface area contributed by atoms with Crippen molar-refractivity contribution in [3.63, 3.8) is 0 Å². The number of aryl methyl sites for hydroxylation is 1. The molecule has 0 aliphatic rings. The van der Waals surface area contributed by atoms with Crippen molar-refractivity contribution in [2.45, 2.75) is 6.92 Å². The second kappa shape index (κ2) is 4.98. The fourth-order valence-electron chi connectivity index (χ4n) is 1.93. The van der Waals surface area contributed by atoms with Crippen molar-refractivity contribution in [3.05, 3.63) is 41.0 Å². The maximum atomic E-state index is 11.7. The van der Waals surface area contributed by atoms with Gasteiger partial charge in [-0.25, -0.2) is 4.79 Å². The maximum absolute atomic E-state index is 11.7. The van der Waals surface area contributed by atoms with Crippen molar-refractivity contribution < 1.29 is 9.53 Å². The van der Waals surface area contributed by atoms with E-state index in [1.165, 1.54) is 0 Å². The van der Waals surface area contributed by atoms with Crippen molar-refractivity contribution in [2.24, 2.45) is 7.05 Å². The number of rotatable bonds is 3. The highest BCUT2D eigenvalue weighted by Gasteiger charge is 2.16. The van der Waals surface area contributed by atoms with Crippen LogP contribution in [0.2, 0.25) is 0 Å². The van der Waals surface area contributed by atoms with Gasteiger partial charge in [0.25, 0.3) is 0 Å². The Morgan fingerprint density at radius 1 is 1.50 bits per heavy atom. The highest BCUT2D eigenvalue weighted by Crippen LogP contribution is 2.29. The van der Waals surface area contributed by atoms with Crippen molar-refractivity contribution >= 4 is 38.4 Å². The molecular formula is C14H14BrNO2. The number of halogens is 1. The summed E-state index contributed by atoms with van der Waals surface area (Å²) < 4.78 is 7.93. The zero-order chi connectivity index (χ0) is 13.3. The van der Waals surface area contributed by atoms with Crippen molar-refractivity contribution in [2.75, 3.05) is 6.61 Å². The molecule has 0 N–H and O–H groups in total. The highest BCUT2D eigenvalue weighted by molar-refractivity contribution is 9.10. The Labute approximate surface area is 114 Å². The van der Waals surface area contributed by atoms with Gasteiger partial charge in [0.05, 0.1) is 12.2 Å². The quantitative estimate of drug-likeness (QED) is 0.642. The average Bonchev–Trinajstić information content (AvgIpc) is 2.65. The first-order valence-corrected chi connectivity index (χ1v) is 6.45. The fourth-order valence-corrected chi connectivity index (χ4v) is 2.29. The number of benzene rings is 1. The maximum Gasteiger partial charge on any atom is 0.338 e. The van der Waals surface area contributed by atoms with Crippen LogP contribution in [0.15, 0.2) is 35.4 Å². The van der Waals surface area contributed by atoms with E-state index in [0.29, 0.717) is 12.2 Å². The number of hydrogen-bond acceptors (Lipinski definition) is 2. The predicted molar refractivity (Wildman–Crippen MR) is 76.3 cm³/mol. The van der Waals surface area contributed by atoms with E-state index in [4.69, 9.17) is 4.74 Å². The van der Waals surface area contributed by atoms with Crippen LogP contribution in [0.5, 0.6) is 0 Å². The molecule has 0 spiro atoms. The van der Waals surface area contributed by atoms with Crippen molar-refractivity contribution in [1.29, 1.82) is 0 Å². The molecule has 1 aromatic heterocycles. The molecule has 0 unspecified atom stereocenters. The second-order valence-corrected chi connectivity index (χ2v) is 4.93. The highest BCUT2D eigenvalue weighted by atomic mass is 79.9. The number of aromatic nitrogens is 1. The van der Waals surface area contributed by atoms with Gasteiger partial charge in [0.2, 0.25) is 0 Å². The zero-order valence-corrected chi connectivity index (χ0v) is 12.0. The molecule has 0 aliphatic heterocycles. The molecule has 0 fully saturated rings. The minimum atomic E-state index is -0.370. The van der Waals surface area contributed by atoms with Crippen LogP contribution in [-0.4, -0.2) is 17.1 Å². The monoisotopic (exact) mass is 307 g/mol. The van der Waals surface area contributed by atoms with Gasteiger partial charge in [-0.05, 0) is 25.1 Å². The van der Waals surface area contributed by atoms with Gasteiger partial charge >= 0.3 is 5.97 Å². The summed E-state index contributed by atoms with van der Waals surface area (Å²) in [5, 5.41) is 0.991. The van der Waals surface area contributed by atoms with Gasteiger partial charge in [-0.1, -0.05) is 22.5 Å². The smallest absolute Gasteiger partial charge is 0.338 e. The Morgan fingerprint density at radius 2 is 2.22 bits per heavy atom. The number of fused-ring (bicyclic) bond motifs is 1. The Kier molecular flexibility index (Phi) is 3.57. The predicted octanol–water partition coefficient (Wildman–Crippen LogP) is 3.52. The van der Waals surface area contributed by atoms with Crippen LogP contribution in [0.25, 0.3) is 16.5 Å². The second-order valence-electron chi connectivity index (χ2n) is 4.01. The van der Waals surface area contributed by atoms with Gasteiger partial charge in [-0.15, -0.1) is 0 Å². The Morgan fingerprint density at radius 3 is 2.89 bits per heavy atom. The largest absolute Gasteiger partial charge is 0.462 e. The minimum Gasteiger partial charge on any atom is -0.462 e. The van der Waals surface area contributed by atoms with Crippen molar-refractivity contribution in [3.8, 4) is 0 Å². The summed E-state index contributed by atoms with van der Waals surface area (Å²) in [4.78, 5) is 11.7. The Bertz CT molecular complexity index is 628. The summed E-state index contributed by atoms with van der Waals surface area (Å²) in [5.41, 5.74) is 2.26. The lowest BCUT2D eigenvalue weighted by atomic mass is 10.1. The SMILES string of the molecule is C=C(C(=O)OCC)c1cn(C)c2ccc(Br)cc12. The summed E-state index contributed by atoms with van der Waals surface area (Å²) in [7, 11) is 1.94. The molecule has 0 bridgehead atoms. The molecule has 94 valence electrons. The summed E-state index contributed by atoms with van der Waals surface area (Å²) >= 11 is 3.44. The molecule has 18 heavy (non-hydrogen) atoms. The van der Waals surface area contributed by atoms with E-state index in [1.54, 1.807) is 6.92 Å². The average molecular weight is 308 g/mol. The van der Waals surface area contributed by atoms with Gasteiger partial charge < -0.3 is 9.30 Å². The molecule has 1 aromatic carbocycles. The van der Waals surface area contributed by atoms with Crippen LogP contribution < -0.4 is 0 Å². The van der Waals surface area contributed by atoms with Gasteiger partial charge in [-0.3, -0.25) is 0 Å². The molecule has 2 rings (SSSR count). The molecule has 0 saturated carbocycles. The number of ether oxygens (including phenoxy) is 1. The van der Waals surface area contributed by atoms with E-state index < -0.39 is 0 Å². The minimum absolute atomic E-state index is 0.353. The Hall–Kier alpha value is -1.55. The van der Waals surface area contributed by atoms with Crippen LogP contribution in [-0.2, 0) is 16.6 Å². The molecular weight excluding hydrogens is 294 g/mol.